The van der Waals surface area contributed by atoms with E-state index in [1.807, 2.05) is 65.0 Å². The molecular weight excluding hydrogens is 340 g/mol. The first-order valence-electron chi connectivity index (χ1n) is 9.10. The predicted molar refractivity (Wildman–Crippen MR) is 108 cm³/mol. The highest BCUT2D eigenvalue weighted by molar-refractivity contribution is 5.95. The van der Waals surface area contributed by atoms with Crippen LogP contribution in [0.25, 0.3) is 0 Å². The molecule has 2 rings (SSSR count). The highest BCUT2D eigenvalue weighted by Crippen LogP contribution is 2.21. The second-order valence-electron chi connectivity index (χ2n) is 6.97. The van der Waals surface area contributed by atoms with E-state index in [0.717, 1.165) is 33.7 Å². The fourth-order valence-corrected chi connectivity index (χ4v) is 3.04. The van der Waals surface area contributed by atoms with Crippen molar-refractivity contribution in [3.63, 3.8) is 0 Å². The van der Waals surface area contributed by atoms with Crippen molar-refractivity contribution in [3.05, 3.63) is 58.1 Å². The molecule has 0 spiro atoms. The third kappa shape index (κ3) is 6.13. The smallest absolute Gasteiger partial charge is 0.243 e. The van der Waals surface area contributed by atoms with E-state index in [2.05, 4.69) is 10.6 Å². The van der Waals surface area contributed by atoms with Crippen LogP contribution in [0.5, 0.6) is 5.75 Å². The number of carbonyl (C=O) groups is 2. The molecule has 2 amide bonds. The Labute approximate surface area is 161 Å². The molecule has 5 heteroatoms. The Morgan fingerprint density at radius 3 is 2.11 bits per heavy atom. The summed E-state index contributed by atoms with van der Waals surface area (Å²) in [6, 6.07) is 9.95. The average molecular weight is 368 g/mol. The number of aryl methyl sites for hydroxylation is 5. The predicted octanol–water partition coefficient (Wildman–Crippen LogP) is 3.75. The first kappa shape index (κ1) is 20.5. The molecule has 5 nitrogen and oxygen atoms in total. The van der Waals surface area contributed by atoms with Crippen LogP contribution in [0.15, 0.2) is 30.3 Å². The van der Waals surface area contributed by atoms with Gasteiger partial charge in [0.2, 0.25) is 11.8 Å². The van der Waals surface area contributed by atoms with E-state index < -0.39 is 0 Å². The van der Waals surface area contributed by atoms with E-state index in [4.69, 9.17) is 4.74 Å². The van der Waals surface area contributed by atoms with Crippen LogP contribution in [0.2, 0.25) is 0 Å². The molecular formula is C22H28N2O3. The fraction of sp³-hybridized carbons (Fsp3) is 0.364. The normalized spacial score (nSPS) is 10.4. The summed E-state index contributed by atoms with van der Waals surface area (Å²) in [4.78, 5) is 24.1. The van der Waals surface area contributed by atoms with E-state index in [1.165, 1.54) is 5.56 Å². The lowest BCUT2D eigenvalue weighted by molar-refractivity contribution is -0.124. The Bertz CT molecular complexity index is 820. The third-order valence-corrected chi connectivity index (χ3v) is 4.30. The van der Waals surface area contributed by atoms with Gasteiger partial charge < -0.3 is 15.4 Å². The summed E-state index contributed by atoms with van der Waals surface area (Å²) in [6.07, 6.45) is 0.198. The molecule has 0 aliphatic carbocycles. The summed E-state index contributed by atoms with van der Waals surface area (Å²) in [6.45, 7) is 10.1. The monoisotopic (exact) mass is 368 g/mol. The number of amides is 2. The van der Waals surface area contributed by atoms with Gasteiger partial charge in [-0.1, -0.05) is 35.4 Å². The zero-order valence-corrected chi connectivity index (χ0v) is 16.7. The van der Waals surface area contributed by atoms with E-state index in [9.17, 15) is 9.59 Å². The summed E-state index contributed by atoms with van der Waals surface area (Å²) < 4.78 is 5.65. The second-order valence-corrected chi connectivity index (χ2v) is 6.97. The number of ether oxygens (including phenoxy) is 1. The second kappa shape index (κ2) is 9.21. The molecule has 2 aromatic rings. The molecule has 2 N–H and O–H groups in total. The van der Waals surface area contributed by atoms with Crippen LogP contribution in [-0.4, -0.2) is 25.0 Å². The van der Waals surface area contributed by atoms with Gasteiger partial charge in [0.1, 0.15) is 5.75 Å². The quantitative estimate of drug-likeness (QED) is 0.782. The Morgan fingerprint density at radius 1 is 0.852 bits per heavy atom. The van der Waals surface area contributed by atoms with Crippen molar-refractivity contribution in [3.8, 4) is 5.75 Å². The topological polar surface area (TPSA) is 67.4 Å². The fourth-order valence-electron chi connectivity index (χ4n) is 3.04. The number of carbonyl (C=O) groups excluding carboxylic acids is 2. The van der Waals surface area contributed by atoms with Crippen molar-refractivity contribution in [2.45, 2.75) is 41.0 Å². The van der Waals surface area contributed by atoms with Gasteiger partial charge in [-0.05, 0) is 57.4 Å². The van der Waals surface area contributed by atoms with Crippen LogP contribution in [-0.2, 0) is 9.59 Å². The van der Waals surface area contributed by atoms with Crippen LogP contribution in [0.1, 0.15) is 34.2 Å². The third-order valence-electron chi connectivity index (χ3n) is 4.30. The van der Waals surface area contributed by atoms with E-state index in [-0.39, 0.29) is 31.4 Å². The van der Waals surface area contributed by atoms with Crippen LogP contribution < -0.4 is 15.4 Å². The van der Waals surface area contributed by atoms with Crippen molar-refractivity contribution in [2.75, 3.05) is 18.5 Å². The molecule has 0 saturated heterocycles. The SMILES string of the molecule is Cc1ccc(OCCC(=O)NCC(=O)Nc2c(C)cc(C)cc2C)c(C)c1. The molecule has 0 aliphatic rings. The van der Waals surface area contributed by atoms with Gasteiger partial charge in [0.05, 0.1) is 19.6 Å². The summed E-state index contributed by atoms with van der Waals surface area (Å²) in [5.41, 5.74) is 6.18. The van der Waals surface area contributed by atoms with Crippen molar-refractivity contribution >= 4 is 17.5 Å². The maximum absolute atomic E-state index is 12.1. The van der Waals surface area contributed by atoms with Gasteiger partial charge in [0.15, 0.2) is 0 Å². The largest absolute Gasteiger partial charge is 0.493 e. The number of hydrogen-bond donors (Lipinski definition) is 2. The minimum Gasteiger partial charge on any atom is -0.493 e. The van der Waals surface area contributed by atoms with Gasteiger partial charge in [-0.15, -0.1) is 0 Å². The standard InChI is InChI=1S/C22H28N2O3/c1-14-6-7-19(16(3)10-14)27-9-8-20(25)23-13-21(26)24-22-17(4)11-15(2)12-18(22)5/h6-7,10-12H,8-9,13H2,1-5H3,(H,23,25)(H,24,26). The van der Waals surface area contributed by atoms with Crippen LogP contribution in [0, 0.1) is 34.6 Å². The van der Waals surface area contributed by atoms with Gasteiger partial charge in [-0.25, -0.2) is 0 Å². The molecule has 0 unspecified atom stereocenters. The minimum absolute atomic E-state index is 0.0604. The van der Waals surface area contributed by atoms with Crippen molar-refractivity contribution in [1.82, 2.24) is 5.32 Å². The lowest BCUT2D eigenvalue weighted by Crippen LogP contribution is -2.33. The van der Waals surface area contributed by atoms with Crippen LogP contribution in [0.3, 0.4) is 0 Å². The zero-order chi connectivity index (χ0) is 20.0. The highest BCUT2D eigenvalue weighted by Gasteiger charge is 2.10. The molecule has 27 heavy (non-hydrogen) atoms. The van der Waals surface area contributed by atoms with Crippen LogP contribution in [0.4, 0.5) is 5.69 Å². The molecule has 0 aromatic heterocycles. The molecule has 0 aliphatic heterocycles. The maximum Gasteiger partial charge on any atom is 0.243 e. The van der Waals surface area contributed by atoms with Crippen molar-refractivity contribution in [2.24, 2.45) is 0 Å². The highest BCUT2D eigenvalue weighted by atomic mass is 16.5. The van der Waals surface area contributed by atoms with E-state index >= 15 is 0 Å². The molecule has 0 atom stereocenters. The van der Waals surface area contributed by atoms with E-state index in [1.54, 1.807) is 0 Å². The van der Waals surface area contributed by atoms with Crippen molar-refractivity contribution < 1.29 is 14.3 Å². The molecule has 0 saturated carbocycles. The lowest BCUT2D eigenvalue weighted by Gasteiger charge is -2.13. The number of benzene rings is 2. The first-order chi connectivity index (χ1) is 12.8. The molecule has 0 fully saturated rings. The Hall–Kier alpha value is -2.82. The summed E-state index contributed by atoms with van der Waals surface area (Å²) in [7, 11) is 0. The Balaban J connectivity index is 1.76. The molecule has 0 heterocycles. The van der Waals surface area contributed by atoms with Gasteiger partial charge in [-0.2, -0.15) is 0 Å². The van der Waals surface area contributed by atoms with E-state index in [0.29, 0.717) is 0 Å². The maximum atomic E-state index is 12.1. The van der Waals surface area contributed by atoms with Crippen molar-refractivity contribution in [1.29, 1.82) is 0 Å². The van der Waals surface area contributed by atoms with Gasteiger partial charge in [0.25, 0.3) is 0 Å². The summed E-state index contributed by atoms with van der Waals surface area (Å²) in [5, 5.41) is 5.50. The van der Waals surface area contributed by atoms with Gasteiger partial charge in [0, 0.05) is 5.69 Å². The zero-order valence-electron chi connectivity index (χ0n) is 16.7. The number of rotatable bonds is 7. The molecule has 0 bridgehead atoms. The van der Waals surface area contributed by atoms with Crippen LogP contribution >= 0.6 is 0 Å². The van der Waals surface area contributed by atoms with Gasteiger partial charge in [-0.3, -0.25) is 9.59 Å². The lowest BCUT2D eigenvalue weighted by atomic mass is 10.1. The number of nitrogens with one attached hydrogen (secondary N) is 2. The molecule has 144 valence electrons. The Morgan fingerprint density at radius 2 is 1.48 bits per heavy atom. The Kier molecular flexibility index (Phi) is 6.99. The minimum atomic E-state index is -0.242. The van der Waals surface area contributed by atoms with Gasteiger partial charge >= 0.3 is 0 Å². The summed E-state index contributed by atoms with van der Waals surface area (Å²) in [5.74, 6) is 0.317. The number of anilines is 1. The first-order valence-corrected chi connectivity index (χ1v) is 9.10. The molecule has 0 radical (unpaired) electrons. The number of hydrogen-bond acceptors (Lipinski definition) is 3. The average Bonchev–Trinajstić information content (AvgIpc) is 2.58. The summed E-state index contributed by atoms with van der Waals surface area (Å²) >= 11 is 0. The molecule has 2 aromatic carbocycles.